The number of carbonyl (C=O) groups excluding carboxylic acids is 1. The Bertz CT molecular complexity index is 459. The largest absolute Gasteiger partial charge is 0.379 e. The lowest BCUT2D eigenvalue weighted by Crippen LogP contribution is -2.46. The van der Waals surface area contributed by atoms with Gasteiger partial charge in [0.05, 0.1) is 17.2 Å². The summed E-state index contributed by atoms with van der Waals surface area (Å²) in [6, 6.07) is 3.38. The van der Waals surface area contributed by atoms with E-state index in [0.29, 0.717) is 24.1 Å². The summed E-state index contributed by atoms with van der Waals surface area (Å²) in [4.78, 5) is 16.3. The second-order valence-corrected chi connectivity index (χ2v) is 5.00. The summed E-state index contributed by atoms with van der Waals surface area (Å²) in [6.07, 6.45) is 0.794. The fourth-order valence-electron chi connectivity index (χ4n) is 1.84. The Morgan fingerprint density at radius 3 is 2.94 bits per heavy atom. The van der Waals surface area contributed by atoms with Crippen molar-refractivity contribution in [3.63, 3.8) is 0 Å². The van der Waals surface area contributed by atoms with Crippen LogP contribution in [0.25, 0.3) is 0 Å². The maximum atomic E-state index is 12.2. The second kappa shape index (κ2) is 5.12. The van der Waals surface area contributed by atoms with E-state index in [9.17, 15) is 4.79 Å². The zero-order valence-electron chi connectivity index (χ0n) is 10.4. The van der Waals surface area contributed by atoms with E-state index in [-0.39, 0.29) is 17.1 Å². The van der Waals surface area contributed by atoms with Crippen LogP contribution in [0.2, 0.25) is 5.02 Å². The van der Waals surface area contributed by atoms with E-state index in [1.165, 1.54) is 0 Å². The van der Waals surface area contributed by atoms with E-state index in [1.54, 1.807) is 19.2 Å². The zero-order chi connectivity index (χ0) is 13.2. The van der Waals surface area contributed by atoms with Crippen LogP contribution in [-0.2, 0) is 4.74 Å². The lowest BCUT2D eigenvalue weighted by Gasteiger charge is -2.23. The number of hydrogen-bond donors (Lipinski definition) is 2. The van der Waals surface area contributed by atoms with Crippen molar-refractivity contribution < 1.29 is 9.53 Å². The molecule has 1 aromatic heterocycles. The number of pyridine rings is 1. The molecular formula is C12H16ClN3O2. The highest BCUT2D eigenvalue weighted by Gasteiger charge is 2.32. The number of hydrogen-bond acceptors (Lipinski definition) is 4. The Labute approximate surface area is 111 Å². The Morgan fingerprint density at radius 2 is 2.33 bits per heavy atom. The van der Waals surface area contributed by atoms with Crippen molar-refractivity contribution in [1.82, 2.24) is 10.3 Å². The van der Waals surface area contributed by atoms with Gasteiger partial charge in [-0.2, -0.15) is 0 Å². The highest BCUT2D eigenvalue weighted by molar-refractivity contribution is 6.33. The summed E-state index contributed by atoms with van der Waals surface area (Å²) < 4.78 is 5.29. The molecule has 0 bridgehead atoms. The minimum absolute atomic E-state index is 0.233. The van der Waals surface area contributed by atoms with Crippen molar-refractivity contribution in [2.24, 2.45) is 0 Å². The Hall–Kier alpha value is -1.33. The average Bonchev–Trinajstić information content (AvgIpc) is 2.76. The summed E-state index contributed by atoms with van der Waals surface area (Å²) in [5.41, 5.74) is -0.103. The molecule has 2 N–H and O–H groups in total. The van der Waals surface area contributed by atoms with Gasteiger partial charge in [-0.25, -0.2) is 4.98 Å². The lowest BCUT2D eigenvalue weighted by molar-refractivity contribution is 0.0885. The molecule has 1 saturated heterocycles. The van der Waals surface area contributed by atoms with E-state index in [1.807, 2.05) is 6.92 Å². The van der Waals surface area contributed by atoms with Gasteiger partial charge in [-0.1, -0.05) is 11.6 Å². The first kappa shape index (κ1) is 13.1. The molecule has 6 heteroatoms. The molecule has 1 fully saturated rings. The molecule has 1 aromatic rings. The second-order valence-electron chi connectivity index (χ2n) is 4.59. The first-order chi connectivity index (χ1) is 8.54. The third-order valence-electron chi connectivity index (χ3n) is 2.95. The molecular weight excluding hydrogens is 254 g/mol. The van der Waals surface area contributed by atoms with Crippen molar-refractivity contribution in [1.29, 1.82) is 0 Å². The monoisotopic (exact) mass is 269 g/mol. The van der Waals surface area contributed by atoms with Gasteiger partial charge in [-0.05, 0) is 25.5 Å². The maximum Gasteiger partial charge on any atom is 0.272 e. The molecule has 2 heterocycles. The maximum absolute atomic E-state index is 12.2. The quantitative estimate of drug-likeness (QED) is 0.876. The molecule has 98 valence electrons. The van der Waals surface area contributed by atoms with Crippen molar-refractivity contribution in [3.8, 4) is 0 Å². The van der Waals surface area contributed by atoms with E-state index < -0.39 is 0 Å². The van der Waals surface area contributed by atoms with Gasteiger partial charge >= 0.3 is 0 Å². The molecule has 0 aliphatic carbocycles. The van der Waals surface area contributed by atoms with Gasteiger partial charge in [0.2, 0.25) is 0 Å². The molecule has 0 saturated carbocycles. The Kier molecular flexibility index (Phi) is 3.73. The van der Waals surface area contributed by atoms with Gasteiger partial charge in [0, 0.05) is 13.7 Å². The van der Waals surface area contributed by atoms with Crippen LogP contribution in [0.4, 0.5) is 5.82 Å². The smallest absolute Gasteiger partial charge is 0.272 e. The van der Waals surface area contributed by atoms with E-state index in [0.717, 1.165) is 6.42 Å². The van der Waals surface area contributed by atoms with Crippen LogP contribution in [0.5, 0.6) is 0 Å². The van der Waals surface area contributed by atoms with E-state index in [2.05, 4.69) is 15.6 Å². The van der Waals surface area contributed by atoms with Crippen LogP contribution < -0.4 is 10.6 Å². The third-order valence-corrected chi connectivity index (χ3v) is 3.26. The van der Waals surface area contributed by atoms with Gasteiger partial charge < -0.3 is 15.4 Å². The lowest BCUT2D eigenvalue weighted by atomic mass is 10.0. The van der Waals surface area contributed by atoms with Gasteiger partial charge in [0.25, 0.3) is 5.91 Å². The van der Waals surface area contributed by atoms with Crippen LogP contribution in [-0.4, -0.2) is 36.7 Å². The first-order valence-corrected chi connectivity index (χ1v) is 6.16. The number of carbonyl (C=O) groups is 1. The topological polar surface area (TPSA) is 63.2 Å². The Morgan fingerprint density at radius 1 is 1.56 bits per heavy atom. The number of amides is 1. The minimum Gasteiger partial charge on any atom is -0.379 e. The van der Waals surface area contributed by atoms with Gasteiger partial charge in [-0.15, -0.1) is 0 Å². The molecule has 1 atom stereocenters. The molecule has 18 heavy (non-hydrogen) atoms. The number of nitrogens with one attached hydrogen (secondary N) is 2. The molecule has 1 amide bonds. The molecule has 0 radical (unpaired) electrons. The van der Waals surface area contributed by atoms with Crippen molar-refractivity contribution in [3.05, 3.63) is 22.8 Å². The highest BCUT2D eigenvalue weighted by atomic mass is 35.5. The normalized spacial score (nSPS) is 22.8. The SMILES string of the molecule is CNc1ccc(Cl)c(C(=O)NC2(C)CCOC2)n1. The van der Waals surface area contributed by atoms with Crippen LogP contribution in [0.3, 0.4) is 0 Å². The molecule has 1 aliphatic rings. The summed E-state index contributed by atoms with van der Waals surface area (Å²) >= 11 is 6.00. The summed E-state index contributed by atoms with van der Waals surface area (Å²) in [5.74, 6) is 0.336. The number of aromatic nitrogens is 1. The van der Waals surface area contributed by atoms with Crippen LogP contribution in [0, 0.1) is 0 Å². The van der Waals surface area contributed by atoms with E-state index in [4.69, 9.17) is 16.3 Å². The van der Waals surface area contributed by atoms with Crippen LogP contribution in [0.15, 0.2) is 12.1 Å². The fourth-order valence-corrected chi connectivity index (χ4v) is 2.03. The van der Waals surface area contributed by atoms with Gasteiger partial charge in [-0.3, -0.25) is 4.79 Å². The average molecular weight is 270 g/mol. The molecule has 1 unspecified atom stereocenters. The number of halogens is 1. The van der Waals surface area contributed by atoms with Crippen LogP contribution in [0.1, 0.15) is 23.8 Å². The minimum atomic E-state index is -0.336. The zero-order valence-corrected chi connectivity index (χ0v) is 11.2. The summed E-state index contributed by atoms with van der Waals surface area (Å²) in [5, 5.41) is 6.14. The van der Waals surface area contributed by atoms with Gasteiger partial charge in [0.1, 0.15) is 11.5 Å². The molecule has 1 aliphatic heterocycles. The van der Waals surface area contributed by atoms with Crippen molar-refractivity contribution in [2.45, 2.75) is 18.9 Å². The first-order valence-electron chi connectivity index (χ1n) is 5.79. The van der Waals surface area contributed by atoms with Crippen molar-refractivity contribution in [2.75, 3.05) is 25.6 Å². The number of rotatable bonds is 3. The van der Waals surface area contributed by atoms with E-state index >= 15 is 0 Å². The van der Waals surface area contributed by atoms with Crippen LogP contribution >= 0.6 is 11.6 Å². The molecule has 5 nitrogen and oxygen atoms in total. The number of anilines is 1. The molecule has 0 aromatic carbocycles. The Balaban J connectivity index is 2.17. The van der Waals surface area contributed by atoms with Gasteiger partial charge in [0.15, 0.2) is 0 Å². The predicted octanol–water partition coefficient (Wildman–Crippen LogP) is 1.69. The molecule has 0 spiro atoms. The predicted molar refractivity (Wildman–Crippen MR) is 70.1 cm³/mol. The summed E-state index contributed by atoms with van der Waals surface area (Å²) in [6.45, 7) is 3.13. The number of nitrogens with zero attached hydrogens (tertiary/aromatic N) is 1. The standard InChI is InChI=1S/C12H16ClN3O2/c1-12(5-6-18-7-12)16-11(17)10-8(13)3-4-9(14-2)15-10/h3-4H,5-7H2,1-2H3,(H,14,15)(H,16,17). The van der Waals surface area contributed by atoms with Crippen molar-refractivity contribution >= 4 is 23.3 Å². The number of ether oxygens (including phenoxy) is 1. The highest BCUT2D eigenvalue weighted by Crippen LogP contribution is 2.21. The third kappa shape index (κ3) is 2.73. The summed E-state index contributed by atoms with van der Waals surface area (Å²) in [7, 11) is 1.74. The fraction of sp³-hybridized carbons (Fsp3) is 0.500. The molecule has 2 rings (SSSR count).